The zero-order chi connectivity index (χ0) is 14.0. The molecule has 2 aromatic rings. The van der Waals surface area contributed by atoms with Gasteiger partial charge >= 0.3 is 0 Å². The number of hydrogen-bond acceptors (Lipinski definition) is 6. The molecular weight excluding hydrogens is 254 g/mol. The average Bonchev–Trinajstić information content (AvgIpc) is 2.32. The summed E-state index contributed by atoms with van der Waals surface area (Å²) in [6, 6.07) is 3.14. The largest absolute Gasteiger partial charge is 0.368 e. The van der Waals surface area contributed by atoms with Crippen molar-refractivity contribution in [2.45, 2.75) is 0 Å². The Morgan fingerprint density at radius 2 is 1.89 bits per heavy atom. The number of nitrogens with one attached hydrogen (secondary N) is 1. The number of hydrogen-bond donors (Lipinski definition) is 2. The minimum Gasteiger partial charge on any atom is -0.368 e. The first kappa shape index (κ1) is 12.9. The molecule has 1 heterocycles. The van der Waals surface area contributed by atoms with Gasteiger partial charge in [-0.15, -0.1) is 0 Å². The quantitative estimate of drug-likeness (QED) is 0.877. The van der Waals surface area contributed by atoms with E-state index in [0.717, 1.165) is 12.1 Å². The number of nitrogens with two attached hydrogens (primary N) is 1. The second-order valence-corrected chi connectivity index (χ2v) is 3.96. The fourth-order valence-corrected chi connectivity index (χ4v) is 1.35. The van der Waals surface area contributed by atoms with Gasteiger partial charge in [-0.3, -0.25) is 0 Å². The van der Waals surface area contributed by atoms with Crippen molar-refractivity contribution in [1.82, 2.24) is 15.0 Å². The topological polar surface area (TPSA) is 80.0 Å². The normalized spacial score (nSPS) is 10.3. The van der Waals surface area contributed by atoms with Crippen molar-refractivity contribution in [3.05, 3.63) is 29.8 Å². The highest BCUT2D eigenvalue weighted by Gasteiger charge is 2.09. The van der Waals surface area contributed by atoms with Gasteiger partial charge in [0.1, 0.15) is 11.6 Å². The van der Waals surface area contributed by atoms with E-state index >= 15 is 0 Å². The molecule has 0 fully saturated rings. The van der Waals surface area contributed by atoms with Gasteiger partial charge < -0.3 is 16.0 Å². The van der Waals surface area contributed by atoms with Gasteiger partial charge in [0.2, 0.25) is 17.8 Å². The third kappa shape index (κ3) is 3.03. The first-order valence-corrected chi connectivity index (χ1v) is 5.36. The lowest BCUT2D eigenvalue weighted by atomic mass is 10.3. The molecule has 0 radical (unpaired) electrons. The summed E-state index contributed by atoms with van der Waals surface area (Å²) in [6.45, 7) is 0. The summed E-state index contributed by atoms with van der Waals surface area (Å²) in [5, 5.41) is 2.62. The fourth-order valence-electron chi connectivity index (χ4n) is 1.35. The third-order valence-electron chi connectivity index (χ3n) is 2.22. The predicted molar refractivity (Wildman–Crippen MR) is 68.2 cm³/mol. The zero-order valence-electron chi connectivity index (χ0n) is 10.4. The Morgan fingerprint density at radius 3 is 2.53 bits per heavy atom. The van der Waals surface area contributed by atoms with Gasteiger partial charge in [-0.1, -0.05) is 0 Å². The van der Waals surface area contributed by atoms with Crippen LogP contribution in [0, 0.1) is 11.6 Å². The second-order valence-electron chi connectivity index (χ2n) is 3.96. The molecule has 1 aromatic heterocycles. The van der Waals surface area contributed by atoms with E-state index in [4.69, 9.17) is 5.73 Å². The molecule has 0 saturated carbocycles. The standard InChI is InChI=1S/C11H12F2N6/c1-19(2)11-17-9(14)16-10(18-11)15-8-4-3-6(12)5-7(8)13/h3-5H,1-2H3,(H3,14,15,16,17,18). The summed E-state index contributed by atoms with van der Waals surface area (Å²) in [5.74, 6) is -0.986. The van der Waals surface area contributed by atoms with Crippen LogP contribution in [0.4, 0.5) is 32.3 Å². The Labute approximate surface area is 108 Å². The molecule has 0 aliphatic rings. The molecule has 0 saturated heterocycles. The molecule has 8 heteroatoms. The number of aromatic nitrogens is 3. The molecule has 0 atom stereocenters. The summed E-state index contributed by atoms with van der Waals surface area (Å²) in [6.07, 6.45) is 0. The lowest BCUT2D eigenvalue weighted by Crippen LogP contribution is -2.15. The average molecular weight is 266 g/mol. The Kier molecular flexibility index (Phi) is 3.41. The maximum Gasteiger partial charge on any atom is 0.233 e. The molecule has 0 aliphatic carbocycles. The number of rotatable bonds is 3. The van der Waals surface area contributed by atoms with Crippen molar-refractivity contribution in [3.63, 3.8) is 0 Å². The lowest BCUT2D eigenvalue weighted by Gasteiger charge is -2.12. The highest BCUT2D eigenvalue weighted by molar-refractivity contribution is 5.56. The van der Waals surface area contributed by atoms with E-state index in [1.165, 1.54) is 6.07 Å². The van der Waals surface area contributed by atoms with Gasteiger partial charge in [-0.2, -0.15) is 15.0 Å². The summed E-state index contributed by atoms with van der Waals surface area (Å²) in [5.41, 5.74) is 5.58. The number of halogens is 2. The van der Waals surface area contributed by atoms with Crippen molar-refractivity contribution >= 4 is 23.5 Å². The Bertz CT molecular complexity index is 602. The van der Waals surface area contributed by atoms with Crippen LogP contribution >= 0.6 is 0 Å². The summed E-state index contributed by atoms with van der Waals surface area (Å²) in [7, 11) is 3.47. The maximum absolute atomic E-state index is 13.5. The van der Waals surface area contributed by atoms with Crippen LogP contribution in [-0.2, 0) is 0 Å². The Hall–Kier alpha value is -2.51. The molecule has 0 unspecified atom stereocenters. The number of nitrogens with zero attached hydrogens (tertiary/aromatic N) is 4. The van der Waals surface area contributed by atoms with E-state index in [2.05, 4.69) is 20.3 Å². The first-order chi connectivity index (χ1) is 8.95. The molecule has 3 N–H and O–H groups in total. The number of benzene rings is 1. The fraction of sp³-hybridized carbons (Fsp3) is 0.182. The SMILES string of the molecule is CN(C)c1nc(N)nc(Nc2ccc(F)cc2F)n1. The molecule has 100 valence electrons. The Morgan fingerprint density at radius 1 is 1.16 bits per heavy atom. The van der Waals surface area contributed by atoms with Gasteiger partial charge in [-0.25, -0.2) is 8.78 Å². The van der Waals surface area contributed by atoms with Crippen LogP contribution in [-0.4, -0.2) is 29.0 Å². The summed E-state index contributed by atoms with van der Waals surface area (Å²) < 4.78 is 26.3. The van der Waals surface area contributed by atoms with Gasteiger partial charge in [0, 0.05) is 20.2 Å². The smallest absolute Gasteiger partial charge is 0.233 e. The van der Waals surface area contributed by atoms with Crippen LogP contribution in [0.25, 0.3) is 0 Å². The van der Waals surface area contributed by atoms with Gasteiger partial charge in [0.25, 0.3) is 0 Å². The minimum atomic E-state index is -0.745. The molecule has 0 bridgehead atoms. The minimum absolute atomic E-state index is 0.00344. The van der Waals surface area contributed by atoms with E-state index in [-0.39, 0.29) is 17.6 Å². The zero-order valence-corrected chi connectivity index (χ0v) is 10.4. The van der Waals surface area contributed by atoms with Crippen molar-refractivity contribution < 1.29 is 8.78 Å². The van der Waals surface area contributed by atoms with Crippen LogP contribution in [0.2, 0.25) is 0 Å². The van der Waals surface area contributed by atoms with Crippen molar-refractivity contribution in [2.75, 3.05) is 30.0 Å². The third-order valence-corrected chi connectivity index (χ3v) is 2.22. The maximum atomic E-state index is 13.5. The van der Waals surface area contributed by atoms with E-state index in [9.17, 15) is 8.78 Å². The van der Waals surface area contributed by atoms with E-state index in [1.54, 1.807) is 19.0 Å². The van der Waals surface area contributed by atoms with E-state index in [1.807, 2.05) is 0 Å². The molecule has 0 aliphatic heterocycles. The molecule has 0 amide bonds. The van der Waals surface area contributed by atoms with Gasteiger partial charge in [0.05, 0.1) is 5.69 Å². The summed E-state index contributed by atoms with van der Waals surface area (Å²) in [4.78, 5) is 13.4. The number of anilines is 4. The predicted octanol–water partition coefficient (Wildman–Crippen LogP) is 1.54. The van der Waals surface area contributed by atoms with Crippen LogP contribution in [0.5, 0.6) is 0 Å². The lowest BCUT2D eigenvalue weighted by molar-refractivity contribution is 0.586. The molecule has 6 nitrogen and oxygen atoms in total. The Balaban J connectivity index is 2.32. The second kappa shape index (κ2) is 5.01. The highest BCUT2D eigenvalue weighted by Crippen LogP contribution is 2.19. The number of nitrogen functional groups attached to an aromatic ring is 1. The van der Waals surface area contributed by atoms with E-state index < -0.39 is 11.6 Å². The van der Waals surface area contributed by atoms with Crippen LogP contribution in [0.1, 0.15) is 0 Å². The van der Waals surface area contributed by atoms with Crippen LogP contribution in [0.3, 0.4) is 0 Å². The molecule has 2 rings (SSSR count). The molecule has 0 spiro atoms. The van der Waals surface area contributed by atoms with Crippen LogP contribution < -0.4 is 16.0 Å². The molecular formula is C11H12F2N6. The van der Waals surface area contributed by atoms with Gasteiger partial charge in [0.15, 0.2) is 0 Å². The monoisotopic (exact) mass is 266 g/mol. The van der Waals surface area contributed by atoms with E-state index in [0.29, 0.717) is 5.95 Å². The van der Waals surface area contributed by atoms with Crippen molar-refractivity contribution in [3.8, 4) is 0 Å². The highest BCUT2D eigenvalue weighted by atomic mass is 19.1. The molecule has 19 heavy (non-hydrogen) atoms. The molecule has 1 aromatic carbocycles. The summed E-state index contributed by atoms with van der Waals surface area (Å²) >= 11 is 0. The van der Waals surface area contributed by atoms with Gasteiger partial charge in [-0.05, 0) is 12.1 Å². The van der Waals surface area contributed by atoms with Crippen LogP contribution in [0.15, 0.2) is 18.2 Å². The van der Waals surface area contributed by atoms with Crippen molar-refractivity contribution in [2.24, 2.45) is 0 Å². The van der Waals surface area contributed by atoms with Crippen molar-refractivity contribution in [1.29, 1.82) is 0 Å². The first-order valence-electron chi connectivity index (χ1n) is 5.36.